The fourth-order valence-corrected chi connectivity index (χ4v) is 2.18. The van der Waals surface area contributed by atoms with E-state index >= 15 is 0 Å². The Balaban J connectivity index is 2.13. The normalized spacial score (nSPS) is 11.6. The van der Waals surface area contributed by atoms with E-state index in [0.717, 1.165) is 0 Å². The Morgan fingerprint density at radius 3 is 2.50 bits per heavy atom. The van der Waals surface area contributed by atoms with E-state index in [1.807, 2.05) is 19.0 Å². The molecule has 1 amide bonds. The Labute approximate surface area is 152 Å². The summed E-state index contributed by atoms with van der Waals surface area (Å²) in [4.78, 5) is 28.3. The second-order valence-electron chi connectivity index (χ2n) is 7.17. The molecule has 142 valence electrons. The largest absolute Gasteiger partial charge is 0.461 e. The van der Waals surface area contributed by atoms with Crippen molar-refractivity contribution in [3.05, 3.63) is 30.2 Å². The van der Waals surface area contributed by atoms with E-state index in [4.69, 9.17) is 13.7 Å². The zero-order chi connectivity index (χ0) is 19.3. The monoisotopic (exact) mass is 363 g/mol. The van der Waals surface area contributed by atoms with Crippen LogP contribution in [-0.2, 0) is 9.53 Å². The number of esters is 1. The zero-order valence-corrected chi connectivity index (χ0v) is 15.8. The number of nitrogens with zero attached hydrogens (tertiary/aromatic N) is 3. The minimum atomic E-state index is -0.617. The van der Waals surface area contributed by atoms with Gasteiger partial charge in [0, 0.05) is 19.2 Å². The van der Waals surface area contributed by atoms with Crippen LogP contribution < -0.4 is 0 Å². The number of hydrogen-bond donors (Lipinski definition) is 0. The maximum Gasteiger partial charge on any atom is 0.326 e. The minimum Gasteiger partial charge on any atom is -0.461 e. The van der Waals surface area contributed by atoms with Gasteiger partial charge < -0.3 is 23.5 Å². The molecular weight excluding hydrogens is 338 g/mol. The molecule has 0 N–H and O–H groups in total. The number of hydrogen-bond acceptors (Lipinski definition) is 7. The molecular formula is C18H25N3O5. The summed E-state index contributed by atoms with van der Waals surface area (Å²) in [6.45, 7) is 6.14. The van der Waals surface area contributed by atoms with Crippen LogP contribution in [0.2, 0.25) is 0 Å². The summed E-state index contributed by atoms with van der Waals surface area (Å²) >= 11 is 0. The van der Waals surface area contributed by atoms with Crippen molar-refractivity contribution >= 4 is 11.9 Å². The maximum atomic E-state index is 12.8. The quantitative estimate of drug-likeness (QED) is 0.697. The molecule has 2 aromatic heterocycles. The van der Waals surface area contributed by atoms with Crippen LogP contribution >= 0.6 is 0 Å². The van der Waals surface area contributed by atoms with E-state index < -0.39 is 17.5 Å². The Morgan fingerprint density at radius 1 is 1.19 bits per heavy atom. The van der Waals surface area contributed by atoms with E-state index in [-0.39, 0.29) is 12.2 Å². The van der Waals surface area contributed by atoms with Gasteiger partial charge in [-0.3, -0.25) is 9.59 Å². The average molecular weight is 363 g/mol. The minimum absolute atomic E-state index is 0.110. The van der Waals surface area contributed by atoms with Gasteiger partial charge in [0.25, 0.3) is 5.91 Å². The Kier molecular flexibility index (Phi) is 6.20. The maximum absolute atomic E-state index is 12.8. The molecule has 0 radical (unpaired) electrons. The van der Waals surface area contributed by atoms with Gasteiger partial charge in [-0.15, -0.1) is 0 Å². The van der Waals surface area contributed by atoms with Crippen LogP contribution in [0, 0.1) is 0 Å². The fraction of sp³-hybridized carbons (Fsp3) is 0.500. The van der Waals surface area contributed by atoms with Crippen molar-refractivity contribution in [2.24, 2.45) is 0 Å². The molecule has 8 nitrogen and oxygen atoms in total. The molecule has 0 aliphatic rings. The van der Waals surface area contributed by atoms with Gasteiger partial charge in [-0.05, 0) is 47.0 Å². The number of furan rings is 1. The lowest BCUT2D eigenvalue weighted by atomic mass is 10.2. The molecule has 0 aromatic carbocycles. The molecule has 2 aromatic rings. The van der Waals surface area contributed by atoms with Gasteiger partial charge >= 0.3 is 5.97 Å². The topological polar surface area (TPSA) is 89.0 Å². The van der Waals surface area contributed by atoms with Crippen LogP contribution in [0.1, 0.15) is 31.3 Å². The number of carbonyl (C=O) groups excluding carboxylic acids is 2. The number of likely N-dealkylation sites (N-methyl/N-ethyl adjacent to an activating group) is 1. The highest BCUT2D eigenvalue weighted by atomic mass is 16.6. The molecule has 0 atom stereocenters. The predicted octanol–water partition coefficient (Wildman–Crippen LogP) is 2.28. The summed E-state index contributed by atoms with van der Waals surface area (Å²) in [5, 5.41) is 3.81. The lowest BCUT2D eigenvalue weighted by Gasteiger charge is -2.25. The number of rotatable bonds is 7. The molecule has 0 saturated heterocycles. The number of carbonyl (C=O) groups is 2. The van der Waals surface area contributed by atoms with Crippen molar-refractivity contribution in [2.45, 2.75) is 26.4 Å². The van der Waals surface area contributed by atoms with Crippen LogP contribution in [0.3, 0.4) is 0 Å². The van der Waals surface area contributed by atoms with Gasteiger partial charge in [-0.2, -0.15) is 0 Å². The predicted molar refractivity (Wildman–Crippen MR) is 94.5 cm³/mol. The van der Waals surface area contributed by atoms with Gasteiger partial charge in [0.1, 0.15) is 12.1 Å². The number of ether oxygens (including phenoxy) is 1. The first-order valence-electron chi connectivity index (χ1n) is 8.32. The van der Waals surface area contributed by atoms with Crippen molar-refractivity contribution in [1.29, 1.82) is 0 Å². The molecule has 0 fully saturated rings. The second-order valence-corrected chi connectivity index (χ2v) is 7.17. The summed E-state index contributed by atoms with van der Waals surface area (Å²) in [6, 6.07) is 4.92. The number of amides is 1. The zero-order valence-electron chi connectivity index (χ0n) is 15.8. The van der Waals surface area contributed by atoms with E-state index in [9.17, 15) is 9.59 Å². The summed E-state index contributed by atoms with van der Waals surface area (Å²) in [5.74, 6) is -0.0506. The SMILES string of the molecule is CN(C)CCN(CC(=O)OC(C)(C)C)C(=O)c1cc(-c2ccco2)on1. The van der Waals surface area contributed by atoms with Crippen LogP contribution in [0.4, 0.5) is 0 Å². The molecule has 2 rings (SSSR count). The van der Waals surface area contributed by atoms with Crippen molar-refractivity contribution in [3.63, 3.8) is 0 Å². The van der Waals surface area contributed by atoms with E-state index in [1.54, 1.807) is 32.9 Å². The molecule has 26 heavy (non-hydrogen) atoms. The molecule has 0 aliphatic heterocycles. The lowest BCUT2D eigenvalue weighted by Crippen LogP contribution is -2.42. The summed E-state index contributed by atoms with van der Waals surface area (Å²) in [6.07, 6.45) is 1.51. The molecule has 0 spiro atoms. The standard InChI is InChI=1S/C18H25N3O5/c1-18(2,3)25-16(22)12-21(9-8-20(4)5)17(23)13-11-15(26-19-13)14-7-6-10-24-14/h6-7,10-11H,8-9,12H2,1-5H3. The van der Waals surface area contributed by atoms with Crippen LogP contribution in [-0.4, -0.2) is 66.2 Å². The van der Waals surface area contributed by atoms with E-state index in [0.29, 0.717) is 24.6 Å². The third-order valence-electron chi connectivity index (χ3n) is 3.34. The van der Waals surface area contributed by atoms with E-state index in [2.05, 4.69) is 5.16 Å². The second kappa shape index (κ2) is 8.18. The van der Waals surface area contributed by atoms with Crippen LogP contribution in [0.15, 0.2) is 33.4 Å². The molecule has 0 saturated carbocycles. The highest BCUT2D eigenvalue weighted by Crippen LogP contribution is 2.21. The molecule has 0 unspecified atom stereocenters. The van der Waals surface area contributed by atoms with Crippen LogP contribution in [0.25, 0.3) is 11.5 Å². The van der Waals surface area contributed by atoms with Crippen molar-refractivity contribution < 1.29 is 23.3 Å². The van der Waals surface area contributed by atoms with Gasteiger partial charge in [-0.25, -0.2) is 0 Å². The lowest BCUT2D eigenvalue weighted by molar-refractivity contribution is -0.155. The van der Waals surface area contributed by atoms with Crippen molar-refractivity contribution in [1.82, 2.24) is 15.0 Å². The molecule has 0 aliphatic carbocycles. The highest BCUT2D eigenvalue weighted by Gasteiger charge is 2.25. The molecule has 2 heterocycles. The van der Waals surface area contributed by atoms with Crippen molar-refractivity contribution in [2.75, 3.05) is 33.7 Å². The van der Waals surface area contributed by atoms with Gasteiger partial charge in [0.15, 0.2) is 11.5 Å². The molecule has 0 bridgehead atoms. The fourth-order valence-electron chi connectivity index (χ4n) is 2.18. The smallest absolute Gasteiger partial charge is 0.326 e. The van der Waals surface area contributed by atoms with E-state index in [1.165, 1.54) is 17.2 Å². The third kappa shape index (κ3) is 5.73. The highest BCUT2D eigenvalue weighted by molar-refractivity contribution is 5.94. The summed E-state index contributed by atoms with van der Waals surface area (Å²) in [7, 11) is 3.78. The first-order valence-corrected chi connectivity index (χ1v) is 8.32. The van der Waals surface area contributed by atoms with Crippen LogP contribution in [0.5, 0.6) is 0 Å². The van der Waals surface area contributed by atoms with Gasteiger partial charge in [-0.1, -0.05) is 5.16 Å². The summed E-state index contributed by atoms with van der Waals surface area (Å²) < 4.78 is 15.7. The van der Waals surface area contributed by atoms with Crippen molar-refractivity contribution in [3.8, 4) is 11.5 Å². The average Bonchev–Trinajstić information content (AvgIpc) is 3.18. The first kappa shape index (κ1) is 19.7. The van der Waals surface area contributed by atoms with Gasteiger partial charge in [0.2, 0.25) is 5.76 Å². The number of aromatic nitrogens is 1. The first-order chi connectivity index (χ1) is 12.2. The Hall–Kier alpha value is -2.61. The summed E-state index contributed by atoms with van der Waals surface area (Å²) in [5.41, 5.74) is -0.507. The Morgan fingerprint density at radius 2 is 1.92 bits per heavy atom. The Bertz CT molecular complexity index is 728. The molecule has 8 heteroatoms. The third-order valence-corrected chi connectivity index (χ3v) is 3.34. The van der Waals surface area contributed by atoms with Gasteiger partial charge in [0.05, 0.1) is 6.26 Å².